The highest BCUT2D eigenvalue weighted by molar-refractivity contribution is 5.88. The first kappa shape index (κ1) is 15.2. The molecule has 0 aliphatic rings. The van der Waals surface area contributed by atoms with Crippen LogP contribution in [0.1, 0.15) is 0 Å². The topological polar surface area (TPSA) is 119 Å². The van der Waals surface area contributed by atoms with Gasteiger partial charge in [-0.05, 0) is 18.2 Å². The van der Waals surface area contributed by atoms with Crippen molar-refractivity contribution in [2.24, 2.45) is 16.1 Å². The van der Waals surface area contributed by atoms with E-state index in [1.165, 1.54) is 12.1 Å². The average molecular weight is 281 g/mol. The molecule has 0 radical (unpaired) electrons. The number of ether oxygens (including phenoxy) is 2. The summed E-state index contributed by atoms with van der Waals surface area (Å²) in [6.45, 7) is 0.276. The highest BCUT2D eigenvalue weighted by atomic mass is 16.5. The number of rotatable bonds is 7. The summed E-state index contributed by atoms with van der Waals surface area (Å²) in [5, 5.41) is 11.5. The number of nitrogens with one attached hydrogen (secondary N) is 1. The molecular formula is C11H15N5O4. The van der Waals surface area contributed by atoms with Crippen LogP contribution >= 0.6 is 0 Å². The van der Waals surface area contributed by atoms with Gasteiger partial charge in [0.1, 0.15) is 11.4 Å². The molecule has 0 spiro atoms. The van der Waals surface area contributed by atoms with Crippen molar-refractivity contribution in [2.75, 3.05) is 26.2 Å². The molecule has 1 rings (SSSR count). The van der Waals surface area contributed by atoms with Crippen molar-refractivity contribution in [3.05, 3.63) is 18.2 Å². The zero-order valence-electron chi connectivity index (χ0n) is 11.1. The van der Waals surface area contributed by atoms with E-state index in [0.29, 0.717) is 23.6 Å². The van der Waals surface area contributed by atoms with Crippen LogP contribution < -0.4 is 15.8 Å². The first-order chi connectivity index (χ1) is 9.56. The quantitative estimate of drug-likeness (QED) is 0.337. The Morgan fingerprint density at radius 3 is 2.90 bits per heavy atom. The summed E-state index contributed by atoms with van der Waals surface area (Å²) in [6, 6.07) is 4.08. The smallest absolute Gasteiger partial charge is 0.316 e. The van der Waals surface area contributed by atoms with E-state index in [9.17, 15) is 9.59 Å². The van der Waals surface area contributed by atoms with E-state index < -0.39 is 6.03 Å². The molecule has 1 aromatic carbocycles. The second-order valence-electron chi connectivity index (χ2n) is 3.61. The zero-order chi connectivity index (χ0) is 15.0. The van der Waals surface area contributed by atoms with Crippen LogP contribution in [0.15, 0.2) is 28.5 Å². The van der Waals surface area contributed by atoms with Crippen LogP contribution in [0.3, 0.4) is 0 Å². The van der Waals surface area contributed by atoms with Crippen LogP contribution in [0.2, 0.25) is 0 Å². The molecule has 0 aromatic heterocycles. The van der Waals surface area contributed by atoms with Gasteiger partial charge in [0.2, 0.25) is 0 Å². The average Bonchev–Trinajstić information content (AvgIpc) is 2.42. The molecular weight excluding hydrogens is 266 g/mol. The molecule has 2 amide bonds. The van der Waals surface area contributed by atoms with Gasteiger partial charge in [-0.15, -0.1) is 5.11 Å². The maximum absolute atomic E-state index is 10.8. The maximum atomic E-state index is 10.8. The number of anilines is 1. The van der Waals surface area contributed by atoms with E-state index in [-0.39, 0.29) is 6.73 Å². The van der Waals surface area contributed by atoms with Crippen LogP contribution in [-0.4, -0.2) is 38.4 Å². The van der Waals surface area contributed by atoms with Crippen LogP contribution in [0, 0.1) is 0 Å². The first-order valence-electron chi connectivity index (χ1n) is 5.49. The van der Waals surface area contributed by atoms with Crippen molar-refractivity contribution in [2.45, 2.75) is 0 Å². The fourth-order valence-electron chi connectivity index (χ4n) is 1.28. The summed E-state index contributed by atoms with van der Waals surface area (Å²) in [5.41, 5.74) is 5.87. The van der Waals surface area contributed by atoms with E-state index in [1.807, 2.05) is 0 Å². The zero-order valence-corrected chi connectivity index (χ0v) is 11.1. The normalized spacial score (nSPS) is 10.1. The third-order valence-corrected chi connectivity index (χ3v) is 2.08. The summed E-state index contributed by atoms with van der Waals surface area (Å²) < 4.78 is 9.62. The van der Waals surface area contributed by atoms with Gasteiger partial charge in [0.15, 0.2) is 6.73 Å². The summed E-state index contributed by atoms with van der Waals surface area (Å²) in [6.07, 6.45) is 0. The molecule has 0 unspecified atom stereocenters. The number of carbonyl (C=O) groups excluding carboxylic acids is 2. The number of nitrogens with zero attached hydrogens (tertiary/aromatic N) is 3. The van der Waals surface area contributed by atoms with Gasteiger partial charge in [0, 0.05) is 12.7 Å². The Morgan fingerprint density at radius 2 is 2.30 bits per heavy atom. The summed E-state index contributed by atoms with van der Waals surface area (Å²) in [4.78, 5) is 20.8. The van der Waals surface area contributed by atoms with Gasteiger partial charge in [-0.25, -0.2) is 9.80 Å². The minimum absolute atomic E-state index is 0.0332. The van der Waals surface area contributed by atoms with Gasteiger partial charge in [-0.1, -0.05) is 5.22 Å². The largest absolute Gasteiger partial charge is 0.494 e. The third kappa shape index (κ3) is 4.80. The van der Waals surface area contributed by atoms with Crippen molar-refractivity contribution < 1.29 is 19.1 Å². The lowest BCUT2D eigenvalue weighted by Gasteiger charge is -2.10. The third-order valence-electron chi connectivity index (χ3n) is 2.08. The van der Waals surface area contributed by atoms with Gasteiger partial charge in [-0.2, -0.15) is 0 Å². The number of primary amides is 1. The second-order valence-corrected chi connectivity index (χ2v) is 3.61. The van der Waals surface area contributed by atoms with Crippen LogP contribution in [0.4, 0.5) is 16.2 Å². The minimum Gasteiger partial charge on any atom is -0.494 e. The van der Waals surface area contributed by atoms with Crippen LogP contribution in [0.25, 0.3) is 0 Å². The predicted molar refractivity (Wildman–Crippen MR) is 70.5 cm³/mol. The van der Waals surface area contributed by atoms with Crippen LogP contribution in [-0.2, 0) is 9.53 Å². The van der Waals surface area contributed by atoms with E-state index in [4.69, 9.17) is 10.5 Å². The predicted octanol–water partition coefficient (Wildman–Crippen LogP) is 1.25. The second kappa shape index (κ2) is 7.56. The lowest BCUT2D eigenvalue weighted by molar-refractivity contribution is -0.132. The maximum Gasteiger partial charge on any atom is 0.316 e. The van der Waals surface area contributed by atoms with Crippen molar-refractivity contribution >= 4 is 23.9 Å². The van der Waals surface area contributed by atoms with Crippen molar-refractivity contribution in [3.8, 4) is 5.75 Å². The summed E-state index contributed by atoms with van der Waals surface area (Å²) >= 11 is 0. The number of hydrogen-bond donors (Lipinski definition) is 2. The SMILES string of the molecule is COc1ccc(NC(N)=O)cc1N=NN(C)COC=O. The summed E-state index contributed by atoms with van der Waals surface area (Å²) in [5.74, 6) is 0.466. The van der Waals surface area contributed by atoms with Crippen molar-refractivity contribution in [1.29, 1.82) is 0 Å². The Kier molecular flexibility index (Phi) is 5.75. The highest BCUT2D eigenvalue weighted by Gasteiger charge is 2.05. The summed E-state index contributed by atoms with van der Waals surface area (Å²) in [7, 11) is 3.06. The van der Waals surface area contributed by atoms with E-state index >= 15 is 0 Å². The van der Waals surface area contributed by atoms with E-state index in [0.717, 1.165) is 0 Å². The fraction of sp³-hybridized carbons (Fsp3) is 0.273. The van der Waals surface area contributed by atoms with Gasteiger partial charge in [-0.3, -0.25) is 4.79 Å². The number of methoxy groups -OCH3 is 1. The molecule has 0 aliphatic heterocycles. The number of urea groups is 1. The molecule has 0 saturated carbocycles. The number of carbonyl (C=O) groups is 2. The minimum atomic E-state index is -0.686. The molecule has 0 aliphatic carbocycles. The van der Waals surface area contributed by atoms with Crippen molar-refractivity contribution in [1.82, 2.24) is 5.01 Å². The molecule has 0 heterocycles. The van der Waals surface area contributed by atoms with Gasteiger partial charge in [0.25, 0.3) is 6.47 Å². The molecule has 9 nitrogen and oxygen atoms in total. The molecule has 108 valence electrons. The van der Waals surface area contributed by atoms with Crippen LogP contribution in [0.5, 0.6) is 5.75 Å². The first-order valence-corrected chi connectivity index (χ1v) is 5.49. The van der Waals surface area contributed by atoms with Gasteiger partial charge >= 0.3 is 6.03 Å². The number of amides is 2. The van der Waals surface area contributed by atoms with Gasteiger partial charge < -0.3 is 20.5 Å². The molecule has 1 aromatic rings. The van der Waals surface area contributed by atoms with Crippen molar-refractivity contribution in [3.63, 3.8) is 0 Å². The Bertz CT molecular complexity index is 506. The Hall–Kier alpha value is -2.84. The molecule has 9 heteroatoms. The molecule has 0 atom stereocenters. The Labute approximate surface area is 115 Å². The highest BCUT2D eigenvalue weighted by Crippen LogP contribution is 2.30. The number of hydrogen-bond acceptors (Lipinski definition) is 6. The lowest BCUT2D eigenvalue weighted by Crippen LogP contribution is -2.19. The monoisotopic (exact) mass is 281 g/mol. The Morgan fingerprint density at radius 1 is 1.55 bits per heavy atom. The standard InChI is InChI=1S/C11H15N5O4/c1-16(6-20-7-17)15-14-9-5-8(13-11(12)18)3-4-10(9)19-2/h3-5,7H,6H2,1-2H3,(H3,12,13,18). The fourth-order valence-corrected chi connectivity index (χ4v) is 1.28. The van der Waals surface area contributed by atoms with E-state index in [1.54, 1.807) is 25.2 Å². The molecule has 0 fully saturated rings. The van der Waals surface area contributed by atoms with E-state index in [2.05, 4.69) is 20.4 Å². The van der Waals surface area contributed by atoms with Gasteiger partial charge in [0.05, 0.1) is 7.11 Å². The molecule has 20 heavy (non-hydrogen) atoms. The molecule has 0 bridgehead atoms. The lowest BCUT2D eigenvalue weighted by atomic mass is 10.2. The Balaban J connectivity index is 2.87. The number of benzene rings is 1. The molecule has 3 N–H and O–H groups in total. The number of nitrogens with two attached hydrogens (primary N) is 1. The molecule has 0 saturated heterocycles.